The highest BCUT2D eigenvalue weighted by Gasteiger charge is 2.21. The summed E-state index contributed by atoms with van der Waals surface area (Å²) < 4.78 is 5.21. The van der Waals surface area contributed by atoms with Gasteiger partial charge in [-0.2, -0.15) is 0 Å². The topological polar surface area (TPSA) is 67.4 Å². The molecule has 1 saturated heterocycles. The van der Waals surface area contributed by atoms with Crippen LogP contribution in [0.15, 0.2) is 24.3 Å². The van der Waals surface area contributed by atoms with Gasteiger partial charge in [0, 0.05) is 25.7 Å². The Hall–Kier alpha value is -1.88. The van der Waals surface area contributed by atoms with Gasteiger partial charge in [0.2, 0.25) is 11.8 Å². The van der Waals surface area contributed by atoms with E-state index in [0.717, 1.165) is 24.0 Å². The zero-order valence-electron chi connectivity index (χ0n) is 12.4. The van der Waals surface area contributed by atoms with E-state index >= 15 is 0 Å². The zero-order valence-corrected chi connectivity index (χ0v) is 12.4. The second-order valence-corrected chi connectivity index (χ2v) is 5.31. The van der Waals surface area contributed by atoms with Gasteiger partial charge in [0.15, 0.2) is 0 Å². The molecule has 0 atom stereocenters. The molecule has 0 bridgehead atoms. The van der Waals surface area contributed by atoms with Crippen LogP contribution in [0.4, 0.5) is 0 Å². The van der Waals surface area contributed by atoms with Gasteiger partial charge in [0.05, 0.1) is 6.54 Å². The summed E-state index contributed by atoms with van der Waals surface area (Å²) in [5, 5.41) is 5.52. The molecule has 1 aromatic rings. The Balaban J connectivity index is 1.70. The molecule has 0 spiro atoms. The number of amides is 2. The van der Waals surface area contributed by atoms with Gasteiger partial charge in [0.1, 0.15) is 0 Å². The van der Waals surface area contributed by atoms with Gasteiger partial charge in [0.25, 0.3) is 0 Å². The Labute approximate surface area is 125 Å². The predicted molar refractivity (Wildman–Crippen MR) is 79.6 cm³/mol. The number of aryl methyl sites for hydroxylation is 1. The first kappa shape index (κ1) is 15.5. The van der Waals surface area contributed by atoms with Crippen LogP contribution in [0.25, 0.3) is 0 Å². The van der Waals surface area contributed by atoms with Crippen molar-refractivity contribution in [2.75, 3.05) is 19.8 Å². The Morgan fingerprint density at radius 1 is 1.19 bits per heavy atom. The summed E-state index contributed by atoms with van der Waals surface area (Å²) in [5.74, 6) is -0.245. The number of carbonyl (C=O) groups excluding carboxylic acids is 2. The summed E-state index contributed by atoms with van der Waals surface area (Å²) >= 11 is 0. The average molecular weight is 290 g/mol. The van der Waals surface area contributed by atoms with Crippen LogP contribution in [0, 0.1) is 12.8 Å². The monoisotopic (exact) mass is 290 g/mol. The Kier molecular flexibility index (Phi) is 5.75. The van der Waals surface area contributed by atoms with Crippen molar-refractivity contribution < 1.29 is 14.3 Å². The molecule has 21 heavy (non-hydrogen) atoms. The molecular formula is C16H22N2O3. The quantitative estimate of drug-likeness (QED) is 0.855. The molecular weight excluding hydrogens is 268 g/mol. The normalized spacial score (nSPS) is 15.5. The first-order valence-corrected chi connectivity index (χ1v) is 7.33. The molecule has 1 aromatic carbocycles. The Bertz CT molecular complexity index is 496. The molecule has 114 valence electrons. The smallest absolute Gasteiger partial charge is 0.239 e. The van der Waals surface area contributed by atoms with Crippen molar-refractivity contribution in [1.82, 2.24) is 10.6 Å². The number of rotatable bonds is 5. The van der Waals surface area contributed by atoms with E-state index < -0.39 is 0 Å². The van der Waals surface area contributed by atoms with Crippen molar-refractivity contribution >= 4 is 11.8 Å². The minimum Gasteiger partial charge on any atom is -0.381 e. The van der Waals surface area contributed by atoms with Gasteiger partial charge in [-0.1, -0.05) is 24.3 Å². The van der Waals surface area contributed by atoms with Crippen LogP contribution in [0.1, 0.15) is 24.0 Å². The highest BCUT2D eigenvalue weighted by molar-refractivity contribution is 5.85. The summed E-state index contributed by atoms with van der Waals surface area (Å²) in [7, 11) is 0. The number of hydrogen-bond acceptors (Lipinski definition) is 3. The fourth-order valence-corrected chi connectivity index (χ4v) is 2.34. The van der Waals surface area contributed by atoms with Crippen LogP contribution in [0.2, 0.25) is 0 Å². The van der Waals surface area contributed by atoms with E-state index in [9.17, 15) is 9.59 Å². The first-order chi connectivity index (χ1) is 10.2. The molecule has 0 saturated carbocycles. The van der Waals surface area contributed by atoms with E-state index in [4.69, 9.17) is 4.74 Å². The average Bonchev–Trinajstić information content (AvgIpc) is 2.52. The minimum absolute atomic E-state index is 0.0251. The van der Waals surface area contributed by atoms with E-state index in [2.05, 4.69) is 10.6 Å². The van der Waals surface area contributed by atoms with Crippen molar-refractivity contribution in [1.29, 1.82) is 0 Å². The fourth-order valence-electron chi connectivity index (χ4n) is 2.34. The third-order valence-electron chi connectivity index (χ3n) is 3.75. The van der Waals surface area contributed by atoms with Crippen LogP contribution in [-0.2, 0) is 20.9 Å². The molecule has 2 amide bonds. The molecule has 5 nitrogen and oxygen atoms in total. The molecule has 5 heteroatoms. The number of ether oxygens (including phenoxy) is 1. The van der Waals surface area contributed by atoms with Crippen molar-refractivity contribution in [3.8, 4) is 0 Å². The second-order valence-electron chi connectivity index (χ2n) is 5.31. The third-order valence-corrected chi connectivity index (χ3v) is 3.75. The number of nitrogens with one attached hydrogen (secondary N) is 2. The molecule has 0 aromatic heterocycles. The maximum absolute atomic E-state index is 11.9. The van der Waals surface area contributed by atoms with Crippen LogP contribution in [0.3, 0.4) is 0 Å². The van der Waals surface area contributed by atoms with Crippen molar-refractivity contribution in [2.45, 2.75) is 26.3 Å². The van der Waals surface area contributed by atoms with Crippen LogP contribution < -0.4 is 10.6 Å². The molecule has 1 fully saturated rings. The Morgan fingerprint density at radius 2 is 1.90 bits per heavy atom. The number of carbonyl (C=O) groups is 2. The molecule has 0 radical (unpaired) electrons. The van der Waals surface area contributed by atoms with E-state index in [1.54, 1.807) is 0 Å². The van der Waals surface area contributed by atoms with Crippen molar-refractivity contribution in [3.63, 3.8) is 0 Å². The molecule has 1 aliphatic rings. The minimum atomic E-state index is -0.168. The Morgan fingerprint density at radius 3 is 2.62 bits per heavy atom. The summed E-state index contributed by atoms with van der Waals surface area (Å²) in [6, 6.07) is 7.90. The van der Waals surface area contributed by atoms with E-state index in [0.29, 0.717) is 19.8 Å². The maximum Gasteiger partial charge on any atom is 0.239 e. The molecule has 2 N–H and O–H groups in total. The number of benzene rings is 1. The highest BCUT2D eigenvalue weighted by atomic mass is 16.5. The number of hydrogen-bond donors (Lipinski definition) is 2. The lowest BCUT2D eigenvalue weighted by molar-refractivity contribution is -0.130. The van der Waals surface area contributed by atoms with Crippen LogP contribution in [-0.4, -0.2) is 31.6 Å². The summed E-state index contributed by atoms with van der Waals surface area (Å²) in [6.45, 7) is 3.77. The lowest BCUT2D eigenvalue weighted by Gasteiger charge is -2.21. The summed E-state index contributed by atoms with van der Waals surface area (Å²) in [6.07, 6.45) is 1.47. The van der Waals surface area contributed by atoms with Gasteiger partial charge < -0.3 is 15.4 Å². The van der Waals surface area contributed by atoms with Gasteiger partial charge in [-0.25, -0.2) is 0 Å². The standard InChI is InChI=1S/C16H22N2O3/c1-12-4-2-3-5-14(12)10-17-15(19)11-18-16(20)13-6-8-21-9-7-13/h2-5,13H,6-11H2,1H3,(H,17,19)(H,18,20). The third kappa shape index (κ3) is 4.86. The largest absolute Gasteiger partial charge is 0.381 e. The molecule has 1 heterocycles. The van der Waals surface area contributed by atoms with Crippen LogP contribution >= 0.6 is 0 Å². The molecule has 2 rings (SSSR count). The predicted octanol–water partition coefficient (Wildman–Crippen LogP) is 1.15. The maximum atomic E-state index is 11.9. The van der Waals surface area contributed by atoms with Crippen molar-refractivity contribution in [3.05, 3.63) is 35.4 Å². The van der Waals surface area contributed by atoms with Gasteiger partial charge >= 0.3 is 0 Å². The molecule has 0 aliphatic carbocycles. The van der Waals surface area contributed by atoms with Gasteiger partial charge in [-0.15, -0.1) is 0 Å². The van der Waals surface area contributed by atoms with E-state index in [-0.39, 0.29) is 24.3 Å². The molecule has 0 unspecified atom stereocenters. The first-order valence-electron chi connectivity index (χ1n) is 7.33. The van der Waals surface area contributed by atoms with Gasteiger partial charge in [-0.05, 0) is 30.9 Å². The van der Waals surface area contributed by atoms with E-state index in [1.807, 2.05) is 31.2 Å². The highest BCUT2D eigenvalue weighted by Crippen LogP contribution is 2.14. The zero-order chi connectivity index (χ0) is 15.1. The van der Waals surface area contributed by atoms with E-state index in [1.165, 1.54) is 0 Å². The SMILES string of the molecule is Cc1ccccc1CNC(=O)CNC(=O)C1CCOCC1. The molecule has 1 aliphatic heterocycles. The van der Waals surface area contributed by atoms with Crippen LogP contribution in [0.5, 0.6) is 0 Å². The lowest BCUT2D eigenvalue weighted by atomic mass is 9.99. The lowest BCUT2D eigenvalue weighted by Crippen LogP contribution is -2.40. The summed E-state index contributed by atoms with van der Waals surface area (Å²) in [4.78, 5) is 23.6. The van der Waals surface area contributed by atoms with Crippen molar-refractivity contribution in [2.24, 2.45) is 5.92 Å². The van der Waals surface area contributed by atoms with Gasteiger partial charge in [-0.3, -0.25) is 9.59 Å². The fraction of sp³-hybridized carbons (Fsp3) is 0.500. The second kappa shape index (κ2) is 7.78. The summed E-state index contributed by atoms with van der Waals surface area (Å²) in [5.41, 5.74) is 2.23.